The van der Waals surface area contributed by atoms with E-state index in [-0.39, 0.29) is 0 Å². The molecule has 0 aliphatic carbocycles. The van der Waals surface area contributed by atoms with Gasteiger partial charge in [-0.1, -0.05) is 176 Å². The van der Waals surface area contributed by atoms with E-state index in [1.807, 2.05) is 0 Å². The van der Waals surface area contributed by atoms with Gasteiger partial charge in [-0.2, -0.15) is 0 Å². The molecule has 58 heavy (non-hydrogen) atoms. The van der Waals surface area contributed by atoms with Crippen LogP contribution in [-0.2, 0) is 0 Å². The Labute approximate surface area is 338 Å². The van der Waals surface area contributed by atoms with Gasteiger partial charge in [0.2, 0.25) is 0 Å². The Hall–Kier alpha value is -7.68. The molecule has 0 unspecified atom stereocenters. The van der Waals surface area contributed by atoms with Crippen molar-refractivity contribution in [1.82, 2.24) is 4.57 Å². The van der Waals surface area contributed by atoms with Gasteiger partial charge in [-0.25, -0.2) is 0 Å². The van der Waals surface area contributed by atoms with Crippen molar-refractivity contribution >= 4 is 60.4 Å². The zero-order chi connectivity index (χ0) is 38.4. The zero-order valence-corrected chi connectivity index (χ0v) is 31.8. The monoisotopic (exact) mass is 738 g/mol. The van der Waals surface area contributed by atoms with E-state index in [0.29, 0.717) is 0 Å². The van der Waals surface area contributed by atoms with Crippen LogP contribution in [-0.4, -0.2) is 4.57 Å². The second-order valence-electron chi connectivity index (χ2n) is 14.9. The molecule has 0 N–H and O–H groups in total. The Morgan fingerprint density at radius 1 is 0.276 bits per heavy atom. The lowest BCUT2D eigenvalue weighted by atomic mass is 9.89. The predicted octanol–water partition coefficient (Wildman–Crippen LogP) is 15.6. The second kappa shape index (κ2) is 14.1. The lowest BCUT2D eigenvalue weighted by Crippen LogP contribution is -2.10. The third kappa shape index (κ3) is 5.74. The molecule has 272 valence electrons. The minimum absolute atomic E-state index is 1.09. The molecule has 0 amide bonds. The summed E-state index contributed by atoms with van der Waals surface area (Å²) < 4.78 is 2.46. The van der Waals surface area contributed by atoms with Crippen LogP contribution in [0.15, 0.2) is 231 Å². The summed E-state index contributed by atoms with van der Waals surface area (Å²) in [5.41, 5.74) is 14.0. The summed E-state index contributed by atoms with van der Waals surface area (Å²) in [6, 6.07) is 83.7. The van der Waals surface area contributed by atoms with Crippen LogP contribution < -0.4 is 4.90 Å². The number of anilines is 3. The quantitative estimate of drug-likeness (QED) is 0.158. The van der Waals surface area contributed by atoms with Crippen molar-refractivity contribution in [2.24, 2.45) is 0 Å². The predicted molar refractivity (Wildman–Crippen MR) is 247 cm³/mol. The van der Waals surface area contributed by atoms with Crippen LogP contribution in [0.5, 0.6) is 0 Å². The summed E-state index contributed by atoms with van der Waals surface area (Å²) in [5, 5.41) is 7.40. The molecule has 2 nitrogen and oxygen atoms in total. The van der Waals surface area contributed by atoms with Crippen molar-refractivity contribution < 1.29 is 0 Å². The van der Waals surface area contributed by atoms with E-state index < -0.39 is 0 Å². The summed E-state index contributed by atoms with van der Waals surface area (Å²) in [6.07, 6.45) is 0. The largest absolute Gasteiger partial charge is 0.310 e. The molecule has 0 saturated carbocycles. The molecule has 10 aromatic carbocycles. The van der Waals surface area contributed by atoms with E-state index >= 15 is 0 Å². The molecule has 1 heterocycles. The Morgan fingerprint density at radius 3 is 1.50 bits per heavy atom. The van der Waals surface area contributed by atoms with Crippen LogP contribution in [0.25, 0.3) is 82.4 Å². The summed E-state index contributed by atoms with van der Waals surface area (Å²) in [4.78, 5) is 2.36. The summed E-state index contributed by atoms with van der Waals surface area (Å²) in [6.45, 7) is 0. The van der Waals surface area contributed by atoms with Gasteiger partial charge in [0, 0.05) is 33.5 Å². The van der Waals surface area contributed by atoms with Crippen molar-refractivity contribution in [1.29, 1.82) is 0 Å². The molecule has 1 aromatic heterocycles. The van der Waals surface area contributed by atoms with Crippen molar-refractivity contribution in [3.63, 3.8) is 0 Å². The lowest BCUT2D eigenvalue weighted by molar-refractivity contribution is 1.18. The molecule has 0 spiro atoms. The van der Waals surface area contributed by atoms with Crippen molar-refractivity contribution in [2.45, 2.75) is 0 Å². The van der Waals surface area contributed by atoms with E-state index in [1.165, 1.54) is 71.2 Å². The number of para-hydroxylation sites is 2. The van der Waals surface area contributed by atoms with Crippen LogP contribution in [0.3, 0.4) is 0 Å². The zero-order valence-electron chi connectivity index (χ0n) is 31.8. The molecule has 11 rings (SSSR count). The molecule has 0 fully saturated rings. The molecule has 0 saturated heterocycles. The number of rotatable bonds is 7. The molecule has 0 aliphatic rings. The Morgan fingerprint density at radius 2 is 0.793 bits per heavy atom. The highest BCUT2D eigenvalue weighted by Crippen LogP contribution is 2.43. The van der Waals surface area contributed by atoms with Gasteiger partial charge in [-0.3, -0.25) is 0 Å². The van der Waals surface area contributed by atoms with E-state index in [2.05, 4.69) is 240 Å². The van der Waals surface area contributed by atoms with Gasteiger partial charge in [0.05, 0.1) is 11.0 Å². The fourth-order valence-electron chi connectivity index (χ4n) is 8.88. The van der Waals surface area contributed by atoms with Crippen LogP contribution >= 0.6 is 0 Å². The number of fused-ring (bicyclic) bond motifs is 5. The van der Waals surface area contributed by atoms with Crippen molar-refractivity contribution in [3.8, 4) is 39.1 Å². The fourth-order valence-corrected chi connectivity index (χ4v) is 8.88. The fraction of sp³-hybridized carbons (Fsp3) is 0. The normalized spacial score (nSPS) is 11.4. The highest BCUT2D eigenvalue weighted by atomic mass is 15.1. The molecular weight excluding hydrogens is 701 g/mol. The number of aromatic nitrogens is 1. The van der Waals surface area contributed by atoms with E-state index in [1.54, 1.807) is 0 Å². The van der Waals surface area contributed by atoms with Crippen LogP contribution in [0, 0.1) is 0 Å². The smallest absolute Gasteiger partial charge is 0.0561 e. The second-order valence-corrected chi connectivity index (χ2v) is 14.9. The first-order valence-electron chi connectivity index (χ1n) is 19.9. The highest BCUT2D eigenvalue weighted by Gasteiger charge is 2.20. The SMILES string of the molecule is c1ccc(-c2ccc(N(c3ccccc3)c3ccc4c5ccccc5n(-c5ccc(-c6cccc7ccccc67)c(-c6cccc7ccccc67)c5)c4c3)cc2)cc1. The maximum absolute atomic E-state index is 2.46. The minimum Gasteiger partial charge on any atom is -0.310 e. The van der Waals surface area contributed by atoms with Crippen LogP contribution in [0.4, 0.5) is 17.1 Å². The van der Waals surface area contributed by atoms with Crippen LogP contribution in [0.1, 0.15) is 0 Å². The van der Waals surface area contributed by atoms with Gasteiger partial charge >= 0.3 is 0 Å². The Bertz CT molecular complexity index is 3260. The molecule has 0 aliphatic heterocycles. The maximum atomic E-state index is 2.46. The topological polar surface area (TPSA) is 8.17 Å². The number of nitrogens with zero attached hydrogens (tertiary/aromatic N) is 2. The lowest BCUT2D eigenvalue weighted by Gasteiger charge is -2.26. The number of benzene rings is 10. The average Bonchev–Trinajstić information content (AvgIpc) is 3.63. The van der Waals surface area contributed by atoms with Crippen molar-refractivity contribution in [2.75, 3.05) is 4.90 Å². The van der Waals surface area contributed by atoms with Crippen LogP contribution in [0.2, 0.25) is 0 Å². The van der Waals surface area contributed by atoms with Crippen molar-refractivity contribution in [3.05, 3.63) is 231 Å². The average molecular weight is 739 g/mol. The third-order valence-electron chi connectivity index (χ3n) is 11.6. The van der Waals surface area contributed by atoms with Gasteiger partial charge in [-0.05, 0) is 110 Å². The molecule has 11 aromatic rings. The summed E-state index contributed by atoms with van der Waals surface area (Å²) in [5.74, 6) is 0. The number of hydrogen-bond acceptors (Lipinski definition) is 1. The van der Waals surface area contributed by atoms with Gasteiger partial charge in [-0.15, -0.1) is 0 Å². The third-order valence-corrected chi connectivity index (χ3v) is 11.6. The molecule has 0 radical (unpaired) electrons. The first-order chi connectivity index (χ1) is 28.8. The molecule has 0 atom stereocenters. The number of hydrogen-bond donors (Lipinski definition) is 0. The van der Waals surface area contributed by atoms with Gasteiger partial charge < -0.3 is 9.47 Å². The van der Waals surface area contributed by atoms with E-state index in [9.17, 15) is 0 Å². The highest BCUT2D eigenvalue weighted by molar-refractivity contribution is 6.11. The Kier molecular flexibility index (Phi) is 8.19. The standard InChI is InChI=1S/C56H38N2/c1-3-15-39(16-4-1)40-29-31-44(32-30-40)57(43-21-5-2-6-22-43)46-34-36-53-52-25-11-12-28-55(52)58(56(53)38-46)45-33-35-51(49-26-13-19-41-17-7-9-23-47(41)49)54(37-45)50-27-14-20-42-18-8-10-24-48(42)50/h1-38H. The van der Waals surface area contributed by atoms with E-state index in [4.69, 9.17) is 0 Å². The van der Waals surface area contributed by atoms with Gasteiger partial charge in [0.1, 0.15) is 0 Å². The molecular formula is C56H38N2. The first-order valence-corrected chi connectivity index (χ1v) is 19.9. The Balaban J connectivity index is 1.14. The van der Waals surface area contributed by atoms with E-state index in [0.717, 1.165) is 28.3 Å². The minimum atomic E-state index is 1.09. The first kappa shape index (κ1) is 33.6. The van der Waals surface area contributed by atoms with Gasteiger partial charge in [0.25, 0.3) is 0 Å². The summed E-state index contributed by atoms with van der Waals surface area (Å²) in [7, 11) is 0. The molecule has 0 bridgehead atoms. The molecule has 2 heteroatoms. The van der Waals surface area contributed by atoms with Gasteiger partial charge in [0.15, 0.2) is 0 Å². The maximum Gasteiger partial charge on any atom is 0.0561 e. The summed E-state index contributed by atoms with van der Waals surface area (Å²) >= 11 is 0.